The smallest absolute Gasteiger partial charge is 0.268 e. The lowest BCUT2D eigenvalue weighted by molar-refractivity contribution is -0.112. The highest BCUT2D eigenvalue weighted by molar-refractivity contribution is 7.15. The molecule has 0 atom stereocenters. The van der Waals surface area contributed by atoms with Gasteiger partial charge in [0, 0.05) is 24.0 Å². The molecule has 1 amide bonds. The highest BCUT2D eigenvalue weighted by Crippen LogP contribution is 2.20. The quantitative estimate of drug-likeness (QED) is 0.328. The summed E-state index contributed by atoms with van der Waals surface area (Å²) in [6.45, 7) is 4.18. The summed E-state index contributed by atoms with van der Waals surface area (Å²) < 4.78 is 1.93. The van der Waals surface area contributed by atoms with Crippen molar-refractivity contribution in [2.45, 2.75) is 39.5 Å². The molecule has 0 aliphatic carbocycles. The minimum absolute atomic E-state index is 0.0137. The van der Waals surface area contributed by atoms with Gasteiger partial charge in [-0.1, -0.05) is 48.8 Å². The van der Waals surface area contributed by atoms with E-state index in [1.54, 1.807) is 6.08 Å². The normalized spacial score (nSPS) is 11.3. The number of rotatable bonds is 8. The van der Waals surface area contributed by atoms with Crippen LogP contribution < -0.4 is 5.32 Å². The SMILES string of the molecule is CCCCCc1nnc(NC(=O)C(C#N)=Cc2cccn2-c2ccc(C)cc2)s1. The number of carbonyl (C=O) groups is 1. The Morgan fingerprint density at radius 3 is 2.76 bits per heavy atom. The molecule has 7 heteroatoms. The molecule has 3 rings (SSSR count). The van der Waals surface area contributed by atoms with Crippen LogP contribution in [0.25, 0.3) is 11.8 Å². The molecule has 2 aromatic heterocycles. The molecule has 1 aromatic carbocycles. The summed E-state index contributed by atoms with van der Waals surface area (Å²) >= 11 is 1.35. The predicted molar refractivity (Wildman–Crippen MR) is 116 cm³/mol. The van der Waals surface area contributed by atoms with Gasteiger partial charge in [-0.25, -0.2) is 0 Å². The Labute approximate surface area is 174 Å². The Balaban J connectivity index is 1.74. The van der Waals surface area contributed by atoms with Crippen LogP contribution in [0.2, 0.25) is 0 Å². The van der Waals surface area contributed by atoms with Gasteiger partial charge >= 0.3 is 0 Å². The second kappa shape index (κ2) is 9.80. The van der Waals surface area contributed by atoms with Crippen molar-refractivity contribution in [1.29, 1.82) is 5.26 Å². The third-order valence-electron chi connectivity index (χ3n) is 4.43. The second-order valence-electron chi connectivity index (χ2n) is 6.72. The third kappa shape index (κ3) is 5.39. The first kappa shape index (κ1) is 20.5. The summed E-state index contributed by atoms with van der Waals surface area (Å²) in [6, 6.07) is 13.8. The van der Waals surface area contributed by atoms with Crippen LogP contribution in [0.3, 0.4) is 0 Å². The first-order valence-electron chi connectivity index (χ1n) is 9.60. The number of hydrogen-bond acceptors (Lipinski definition) is 5. The third-order valence-corrected chi connectivity index (χ3v) is 5.33. The molecule has 0 spiro atoms. The molecule has 0 aliphatic heterocycles. The average Bonchev–Trinajstić information content (AvgIpc) is 3.36. The standard InChI is InChI=1S/C22H23N5OS/c1-3-4-5-8-20-25-26-22(29-20)24-21(28)17(15-23)14-19-7-6-13-27(19)18-11-9-16(2)10-12-18/h6-7,9-14H,3-5,8H2,1-2H3,(H,24,26,28). The molecule has 1 N–H and O–H groups in total. The van der Waals surface area contributed by atoms with E-state index in [0.717, 1.165) is 42.1 Å². The summed E-state index contributed by atoms with van der Waals surface area (Å²) in [5.74, 6) is -0.486. The number of amides is 1. The molecule has 0 unspecified atom stereocenters. The zero-order valence-corrected chi connectivity index (χ0v) is 17.4. The fraction of sp³-hybridized carbons (Fsp3) is 0.273. The molecule has 0 radical (unpaired) electrons. The van der Waals surface area contributed by atoms with E-state index in [1.807, 2.05) is 60.2 Å². The van der Waals surface area contributed by atoms with E-state index >= 15 is 0 Å². The second-order valence-corrected chi connectivity index (χ2v) is 7.78. The molecule has 0 bridgehead atoms. The van der Waals surface area contributed by atoms with Crippen molar-refractivity contribution in [2.24, 2.45) is 0 Å². The van der Waals surface area contributed by atoms with Crippen molar-refractivity contribution >= 4 is 28.5 Å². The van der Waals surface area contributed by atoms with E-state index in [-0.39, 0.29) is 5.57 Å². The Hall–Kier alpha value is -3.24. The Bertz CT molecular complexity index is 1040. The van der Waals surface area contributed by atoms with Gasteiger partial charge in [0.2, 0.25) is 5.13 Å². The summed E-state index contributed by atoms with van der Waals surface area (Å²) in [5, 5.41) is 21.6. The molecule has 6 nitrogen and oxygen atoms in total. The summed E-state index contributed by atoms with van der Waals surface area (Å²) in [4.78, 5) is 12.6. The van der Waals surface area contributed by atoms with E-state index < -0.39 is 5.91 Å². The first-order chi connectivity index (χ1) is 14.1. The van der Waals surface area contributed by atoms with Crippen molar-refractivity contribution < 1.29 is 4.79 Å². The van der Waals surface area contributed by atoms with Crippen LogP contribution in [0.4, 0.5) is 5.13 Å². The van der Waals surface area contributed by atoms with Crippen molar-refractivity contribution in [3.63, 3.8) is 0 Å². The van der Waals surface area contributed by atoms with Gasteiger partial charge in [-0.3, -0.25) is 10.1 Å². The average molecular weight is 406 g/mol. The maximum absolute atomic E-state index is 12.6. The zero-order valence-electron chi connectivity index (χ0n) is 16.6. The largest absolute Gasteiger partial charge is 0.317 e. The van der Waals surface area contributed by atoms with Crippen molar-refractivity contribution in [3.8, 4) is 11.8 Å². The lowest BCUT2D eigenvalue weighted by Crippen LogP contribution is -2.13. The number of nitriles is 1. The van der Waals surface area contributed by atoms with E-state index in [0.29, 0.717) is 5.13 Å². The summed E-state index contributed by atoms with van der Waals surface area (Å²) in [6.07, 6.45) is 7.67. The Morgan fingerprint density at radius 2 is 2.03 bits per heavy atom. The van der Waals surface area contributed by atoms with E-state index in [9.17, 15) is 10.1 Å². The molecule has 0 fully saturated rings. The molecule has 0 aliphatic rings. The van der Waals surface area contributed by atoms with Gasteiger partial charge in [-0.05, 0) is 43.7 Å². The summed E-state index contributed by atoms with van der Waals surface area (Å²) in [5.41, 5.74) is 2.89. The van der Waals surface area contributed by atoms with Gasteiger partial charge in [0.05, 0.1) is 0 Å². The fourth-order valence-corrected chi connectivity index (χ4v) is 3.62. The van der Waals surface area contributed by atoms with Crippen LogP contribution in [0.15, 0.2) is 48.2 Å². The Morgan fingerprint density at radius 1 is 1.24 bits per heavy atom. The number of aryl methyl sites for hydroxylation is 2. The highest BCUT2D eigenvalue weighted by Gasteiger charge is 2.14. The summed E-state index contributed by atoms with van der Waals surface area (Å²) in [7, 11) is 0. The maximum atomic E-state index is 12.6. The van der Waals surface area contributed by atoms with Crippen molar-refractivity contribution in [2.75, 3.05) is 5.32 Å². The fourth-order valence-electron chi connectivity index (χ4n) is 2.84. The Kier molecular flexibility index (Phi) is 6.93. The topological polar surface area (TPSA) is 83.6 Å². The van der Waals surface area contributed by atoms with E-state index in [1.165, 1.54) is 16.9 Å². The molecule has 0 saturated carbocycles. The minimum atomic E-state index is -0.486. The molecular formula is C22H23N5OS. The monoisotopic (exact) mass is 405 g/mol. The zero-order chi connectivity index (χ0) is 20.6. The van der Waals surface area contributed by atoms with Crippen molar-refractivity contribution in [3.05, 3.63) is 64.4 Å². The number of aromatic nitrogens is 3. The van der Waals surface area contributed by atoms with Crippen LogP contribution >= 0.6 is 11.3 Å². The molecule has 3 aromatic rings. The van der Waals surface area contributed by atoms with E-state index in [4.69, 9.17) is 0 Å². The minimum Gasteiger partial charge on any atom is -0.317 e. The number of hydrogen-bond donors (Lipinski definition) is 1. The number of anilines is 1. The lowest BCUT2D eigenvalue weighted by Gasteiger charge is -2.07. The number of carbonyl (C=O) groups excluding carboxylic acids is 1. The number of nitrogens with zero attached hydrogens (tertiary/aromatic N) is 4. The van der Waals surface area contributed by atoms with Crippen molar-refractivity contribution in [1.82, 2.24) is 14.8 Å². The van der Waals surface area contributed by atoms with Gasteiger partial charge in [0.15, 0.2) is 0 Å². The molecule has 2 heterocycles. The van der Waals surface area contributed by atoms with Gasteiger partial charge < -0.3 is 4.57 Å². The van der Waals surface area contributed by atoms with E-state index in [2.05, 4.69) is 22.4 Å². The number of unbranched alkanes of at least 4 members (excludes halogenated alkanes) is 2. The maximum Gasteiger partial charge on any atom is 0.268 e. The van der Waals surface area contributed by atoms with Gasteiger partial charge in [0.1, 0.15) is 16.6 Å². The van der Waals surface area contributed by atoms with Gasteiger partial charge in [0.25, 0.3) is 5.91 Å². The highest BCUT2D eigenvalue weighted by atomic mass is 32.1. The van der Waals surface area contributed by atoms with Crippen LogP contribution in [0.1, 0.15) is 42.5 Å². The van der Waals surface area contributed by atoms with Gasteiger partial charge in [-0.15, -0.1) is 10.2 Å². The number of nitrogens with one attached hydrogen (secondary N) is 1. The number of benzene rings is 1. The van der Waals surface area contributed by atoms with Crippen LogP contribution in [0, 0.1) is 18.3 Å². The molecule has 0 saturated heterocycles. The lowest BCUT2D eigenvalue weighted by atomic mass is 10.2. The molecular weight excluding hydrogens is 382 g/mol. The molecule has 148 valence electrons. The predicted octanol–water partition coefficient (Wildman–Crippen LogP) is 4.92. The van der Waals surface area contributed by atoms with Gasteiger partial charge in [-0.2, -0.15) is 5.26 Å². The van der Waals surface area contributed by atoms with Crippen LogP contribution in [-0.4, -0.2) is 20.7 Å². The van der Waals surface area contributed by atoms with Crippen LogP contribution in [0.5, 0.6) is 0 Å². The molecule has 29 heavy (non-hydrogen) atoms. The van der Waals surface area contributed by atoms with Crippen LogP contribution in [-0.2, 0) is 11.2 Å². The first-order valence-corrected chi connectivity index (χ1v) is 10.4.